The Morgan fingerprint density at radius 3 is 2.75 bits per heavy atom. The number of imide groups is 1. The molecule has 28 heavy (non-hydrogen) atoms. The van der Waals surface area contributed by atoms with Crippen LogP contribution in [0, 0.1) is 0 Å². The van der Waals surface area contributed by atoms with Gasteiger partial charge in [-0.2, -0.15) is 0 Å². The molecule has 0 radical (unpaired) electrons. The van der Waals surface area contributed by atoms with E-state index in [4.69, 9.17) is 9.47 Å². The molecule has 144 valence electrons. The maximum Gasteiger partial charge on any atom is 0.261 e. The van der Waals surface area contributed by atoms with Gasteiger partial charge >= 0.3 is 0 Å². The van der Waals surface area contributed by atoms with Gasteiger partial charge in [-0.3, -0.25) is 19.3 Å². The highest BCUT2D eigenvalue weighted by atomic mass is 16.5. The Balaban J connectivity index is 1.53. The minimum Gasteiger partial charge on any atom is -0.497 e. The van der Waals surface area contributed by atoms with Gasteiger partial charge in [-0.05, 0) is 43.2 Å². The molecule has 2 heterocycles. The zero-order valence-corrected chi connectivity index (χ0v) is 15.4. The van der Waals surface area contributed by atoms with Crippen LogP contribution in [0.25, 0.3) is 0 Å². The molecule has 0 saturated carbocycles. The van der Waals surface area contributed by atoms with Crippen LogP contribution in [0.3, 0.4) is 0 Å². The lowest BCUT2D eigenvalue weighted by Crippen LogP contribution is -2.36. The van der Waals surface area contributed by atoms with Crippen LogP contribution in [0.4, 0.5) is 5.69 Å². The summed E-state index contributed by atoms with van der Waals surface area (Å²) in [6.45, 7) is 0.903. The number of amides is 3. The highest BCUT2D eigenvalue weighted by Gasteiger charge is 2.37. The third-order valence-corrected chi connectivity index (χ3v) is 4.97. The molecular weight excluding hydrogens is 360 g/mol. The Kier molecular flexibility index (Phi) is 4.83. The van der Waals surface area contributed by atoms with Crippen LogP contribution in [0.15, 0.2) is 42.5 Å². The fourth-order valence-electron chi connectivity index (χ4n) is 3.49. The summed E-state index contributed by atoms with van der Waals surface area (Å²) < 4.78 is 10.7. The number of benzene rings is 2. The fraction of sp³-hybridized carbons (Fsp3) is 0.286. The van der Waals surface area contributed by atoms with E-state index in [2.05, 4.69) is 5.32 Å². The number of rotatable bonds is 5. The molecule has 7 heteroatoms. The number of anilines is 1. The van der Waals surface area contributed by atoms with Gasteiger partial charge in [0.15, 0.2) is 0 Å². The molecule has 0 spiro atoms. The zero-order valence-electron chi connectivity index (χ0n) is 15.4. The number of hydrogen-bond acceptors (Lipinski definition) is 5. The van der Waals surface area contributed by atoms with Crippen LogP contribution in [0.5, 0.6) is 5.75 Å². The predicted octanol–water partition coefficient (Wildman–Crippen LogP) is 2.72. The molecule has 2 aliphatic rings. The minimum atomic E-state index is -0.383. The van der Waals surface area contributed by atoms with Crippen LogP contribution in [-0.2, 0) is 4.74 Å². The van der Waals surface area contributed by atoms with Gasteiger partial charge in [-0.15, -0.1) is 0 Å². The summed E-state index contributed by atoms with van der Waals surface area (Å²) >= 11 is 0. The Morgan fingerprint density at radius 1 is 1.18 bits per heavy atom. The van der Waals surface area contributed by atoms with E-state index < -0.39 is 0 Å². The Labute approximate surface area is 162 Å². The van der Waals surface area contributed by atoms with Crippen molar-refractivity contribution in [3.63, 3.8) is 0 Å². The molecule has 1 N–H and O–H groups in total. The van der Waals surface area contributed by atoms with Gasteiger partial charge in [-0.25, -0.2) is 0 Å². The molecule has 2 aromatic rings. The number of hydrogen-bond donors (Lipinski definition) is 1. The van der Waals surface area contributed by atoms with E-state index in [-0.39, 0.29) is 35.9 Å². The molecule has 0 bridgehead atoms. The first-order valence-electron chi connectivity index (χ1n) is 9.14. The third kappa shape index (κ3) is 3.36. The summed E-state index contributed by atoms with van der Waals surface area (Å²) in [7, 11) is 1.55. The predicted molar refractivity (Wildman–Crippen MR) is 102 cm³/mol. The minimum absolute atomic E-state index is 0.113. The van der Waals surface area contributed by atoms with Crippen molar-refractivity contribution in [1.82, 2.24) is 4.90 Å². The maximum absolute atomic E-state index is 12.7. The molecule has 0 unspecified atom stereocenters. The molecule has 7 nitrogen and oxygen atoms in total. The summed E-state index contributed by atoms with van der Waals surface area (Å²) in [6, 6.07) is 11.5. The first-order chi connectivity index (χ1) is 13.6. The van der Waals surface area contributed by atoms with E-state index in [0.29, 0.717) is 29.2 Å². The molecule has 1 atom stereocenters. The third-order valence-electron chi connectivity index (χ3n) is 4.97. The molecule has 2 aliphatic heterocycles. The average molecular weight is 380 g/mol. The molecule has 2 aromatic carbocycles. The highest BCUT2D eigenvalue weighted by Crippen LogP contribution is 2.26. The first kappa shape index (κ1) is 18.2. The fourth-order valence-corrected chi connectivity index (χ4v) is 3.49. The van der Waals surface area contributed by atoms with Crippen LogP contribution in [0.2, 0.25) is 0 Å². The maximum atomic E-state index is 12.7. The topological polar surface area (TPSA) is 84.9 Å². The molecule has 1 saturated heterocycles. The highest BCUT2D eigenvalue weighted by molar-refractivity contribution is 6.22. The Bertz CT molecular complexity index is 950. The normalized spacial score (nSPS) is 18.3. The van der Waals surface area contributed by atoms with Crippen molar-refractivity contribution in [3.05, 3.63) is 59.2 Å². The SMILES string of the molecule is COc1cccc(NC(=O)c2ccc3c(c2)C(=O)N(C[C@H]2CCCO2)C3=O)c1. The zero-order chi connectivity index (χ0) is 19.7. The van der Waals surface area contributed by atoms with Crippen molar-refractivity contribution in [2.45, 2.75) is 18.9 Å². The molecule has 0 aliphatic carbocycles. The van der Waals surface area contributed by atoms with E-state index in [9.17, 15) is 14.4 Å². The van der Waals surface area contributed by atoms with E-state index >= 15 is 0 Å². The molecule has 0 aromatic heterocycles. The quantitative estimate of drug-likeness (QED) is 0.807. The van der Waals surface area contributed by atoms with Crippen molar-refractivity contribution in [3.8, 4) is 5.75 Å². The summed E-state index contributed by atoms with van der Waals surface area (Å²) in [6.07, 6.45) is 1.65. The van der Waals surface area contributed by atoms with Gasteiger partial charge in [0, 0.05) is 23.9 Å². The van der Waals surface area contributed by atoms with Crippen molar-refractivity contribution >= 4 is 23.4 Å². The van der Waals surface area contributed by atoms with Gasteiger partial charge in [0.05, 0.1) is 30.9 Å². The second kappa shape index (κ2) is 7.44. The van der Waals surface area contributed by atoms with E-state index in [1.807, 2.05) is 0 Å². The van der Waals surface area contributed by atoms with Crippen LogP contribution >= 0.6 is 0 Å². The number of carbonyl (C=O) groups excluding carboxylic acids is 3. The van der Waals surface area contributed by atoms with Crippen LogP contribution in [0.1, 0.15) is 43.9 Å². The lowest BCUT2D eigenvalue weighted by atomic mass is 10.1. The summed E-state index contributed by atoms with van der Waals surface area (Å²) in [5.41, 5.74) is 1.45. The second-order valence-electron chi connectivity index (χ2n) is 6.80. The summed E-state index contributed by atoms with van der Waals surface area (Å²) in [4.78, 5) is 39.1. The second-order valence-corrected chi connectivity index (χ2v) is 6.80. The molecule has 1 fully saturated rings. The number of carbonyl (C=O) groups is 3. The monoisotopic (exact) mass is 380 g/mol. The standard InChI is InChI=1S/C21H20N2O5/c1-27-15-5-2-4-14(11-15)22-19(24)13-7-8-17-18(10-13)21(26)23(20(17)25)12-16-6-3-9-28-16/h2,4-5,7-8,10-11,16H,3,6,9,12H2,1H3,(H,22,24)/t16-/m1/s1. The number of methoxy groups -OCH3 is 1. The van der Waals surface area contributed by atoms with Gasteiger partial charge < -0.3 is 14.8 Å². The lowest BCUT2D eigenvalue weighted by Gasteiger charge is -2.17. The molecular formula is C21H20N2O5. The molecule has 3 amide bonds. The first-order valence-corrected chi connectivity index (χ1v) is 9.14. The van der Waals surface area contributed by atoms with E-state index in [0.717, 1.165) is 12.8 Å². The van der Waals surface area contributed by atoms with Crippen LogP contribution < -0.4 is 10.1 Å². The summed E-state index contributed by atoms with van der Waals surface area (Å²) in [5.74, 6) is -0.465. The van der Waals surface area contributed by atoms with Crippen molar-refractivity contribution in [2.24, 2.45) is 0 Å². The number of ether oxygens (including phenoxy) is 2. The number of fused-ring (bicyclic) bond motifs is 1. The van der Waals surface area contributed by atoms with Gasteiger partial charge in [0.2, 0.25) is 0 Å². The van der Waals surface area contributed by atoms with Crippen molar-refractivity contribution in [2.75, 3.05) is 25.6 Å². The smallest absolute Gasteiger partial charge is 0.261 e. The number of nitrogens with one attached hydrogen (secondary N) is 1. The van der Waals surface area contributed by atoms with Gasteiger partial charge in [-0.1, -0.05) is 6.07 Å². The Morgan fingerprint density at radius 2 is 2.00 bits per heavy atom. The van der Waals surface area contributed by atoms with E-state index in [1.165, 1.54) is 17.0 Å². The number of nitrogens with zero attached hydrogens (tertiary/aromatic N) is 1. The van der Waals surface area contributed by atoms with Gasteiger partial charge in [0.1, 0.15) is 5.75 Å². The van der Waals surface area contributed by atoms with Gasteiger partial charge in [0.25, 0.3) is 17.7 Å². The largest absolute Gasteiger partial charge is 0.497 e. The lowest BCUT2D eigenvalue weighted by molar-refractivity contribution is 0.0475. The van der Waals surface area contributed by atoms with Crippen molar-refractivity contribution < 1.29 is 23.9 Å². The average Bonchev–Trinajstić information content (AvgIpc) is 3.31. The van der Waals surface area contributed by atoms with Crippen molar-refractivity contribution in [1.29, 1.82) is 0 Å². The molecule has 4 rings (SSSR count). The van der Waals surface area contributed by atoms with E-state index in [1.54, 1.807) is 37.4 Å². The Hall–Kier alpha value is -3.19. The van der Waals surface area contributed by atoms with Crippen LogP contribution in [-0.4, -0.2) is 49.0 Å². The summed E-state index contributed by atoms with van der Waals surface area (Å²) in [5, 5.41) is 2.77.